The number of carbonyl (C=O) groups excluding carboxylic acids is 2. The van der Waals surface area contributed by atoms with E-state index >= 15 is 0 Å². The van der Waals surface area contributed by atoms with Crippen molar-refractivity contribution in [2.45, 2.75) is 33.1 Å². The van der Waals surface area contributed by atoms with Gasteiger partial charge in [-0.2, -0.15) is 0 Å². The zero-order valence-corrected chi connectivity index (χ0v) is 11.4. The molecule has 0 spiro atoms. The number of rotatable bonds is 6. The SMILES string of the molecule is CCOCCCNC(=O)C1CCN(C(C)=O)CC1. The van der Waals surface area contributed by atoms with Crippen molar-refractivity contribution in [3.63, 3.8) is 0 Å². The molecular formula is C13H24N2O3. The Bertz CT molecular complexity index is 273. The van der Waals surface area contributed by atoms with Crippen molar-refractivity contribution in [1.29, 1.82) is 0 Å². The zero-order valence-electron chi connectivity index (χ0n) is 11.4. The largest absolute Gasteiger partial charge is 0.382 e. The first-order valence-corrected chi connectivity index (χ1v) is 6.76. The molecule has 0 aromatic carbocycles. The highest BCUT2D eigenvalue weighted by molar-refractivity contribution is 5.79. The Hall–Kier alpha value is -1.10. The fraction of sp³-hybridized carbons (Fsp3) is 0.846. The highest BCUT2D eigenvalue weighted by Crippen LogP contribution is 2.17. The second-order valence-corrected chi connectivity index (χ2v) is 4.62. The molecule has 2 amide bonds. The van der Waals surface area contributed by atoms with Crippen LogP contribution in [0, 0.1) is 5.92 Å². The highest BCUT2D eigenvalue weighted by Gasteiger charge is 2.25. The lowest BCUT2D eigenvalue weighted by Gasteiger charge is -2.30. The minimum absolute atomic E-state index is 0.0627. The summed E-state index contributed by atoms with van der Waals surface area (Å²) in [6.07, 6.45) is 2.40. The lowest BCUT2D eigenvalue weighted by atomic mass is 9.96. The summed E-state index contributed by atoms with van der Waals surface area (Å²) < 4.78 is 5.21. The maximum absolute atomic E-state index is 11.9. The number of carbonyl (C=O) groups is 2. The van der Waals surface area contributed by atoms with E-state index in [1.165, 1.54) is 0 Å². The van der Waals surface area contributed by atoms with Crippen LogP contribution in [-0.2, 0) is 14.3 Å². The molecule has 0 aliphatic carbocycles. The first-order chi connectivity index (χ1) is 8.65. The van der Waals surface area contributed by atoms with Gasteiger partial charge in [-0.05, 0) is 26.2 Å². The maximum Gasteiger partial charge on any atom is 0.223 e. The molecular weight excluding hydrogens is 232 g/mol. The number of likely N-dealkylation sites (tertiary alicyclic amines) is 1. The molecule has 18 heavy (non-hydrogen) atoms. The van der Waals surface area contributed by atoms with Crippen molar-refractivity contribution in [3.05, 3.63) is 0 Å². The summed E-state index contributed by atoms with van der Waals surface area (Å²) in [6, 6.07) is 0. The molecule has 1 heterocycles. The van der Waals surface area contributed by atoms with Gasteiger partial charge >= 0.3 is 0 Å². The number of nitrogens with zero attached hydrogens (tertiary/aromatic N) is 1. The Morgan fingerprint density at radius 2 is 2.00 bits per heavy atom. The molecule has 1 N–H and O–H groups in total. The topological polar surface area (TPSA) is 58.6 Å². The summed E-state index contributed by atoms with van der Waals surface area (Å²) in [5.41, 5.74) is 0. The number of piperidine rings is 1. The Morgan fingerprint density at radius 3 is 2.56 bits per heavy atom. The van der Waals surface area contributed by atoms with Gasteiger partial charge in [0.25, 0.3) is 0 Å². The molecule has 0 radical (unpaired) electrons. The molecule has 0 atom stereocenters. The Balaban J connectivity index is 2.14. The van der Waals surface area contributed by atoms with Gasteiger partial charge < -0.3 is 15.0 Å². The average Bonchev–Trinajstić information content (AvgIpc) is 2.38. The fourth-order valence-electron chi connectivity index (χ4n) is 2.13. The van der Waals surface area contributed by atoms with Crippen molar-refractivity contribution in [1.82, 2.24) is 10.2 Å². The number of hydrogen-bond donors (Lipinski definition) is 1. The van der Waals surface area contributed by atoms with E-state index < -0.39 is 0 Å². The van der Waals surface area contributed by atoms with Gasteiger partial charge in [-0.3, -0.25) is 9.59 Å². The van der Waals surface area contributed by atoms with Gasteiger partial charge in [-0.15, -0.1) is 0 Å². The second kappa shape index (κ2) is 8.08. The molecule has 1 saturated heterocycles. The van der Waals surface area contributed by atoms with E-state index in [4.69, 9.17) is 4.74 Å². The molecule has 0 unspecified atom stereocenters. The third-order valence-electron chi connectivity index (χ3n) is 3.28. The normalized spacial score (nSPS) is 16.7. The van der Waals surface area contributed by atoms with E-state index in [0.29, 0.717) is 26.2 Å². The fourth-order valence-corrected chi connectivity index (χ4v) is 2.13. The van der Waals surface area contributed by atoms with E-state index in [0.717, 1.165) is 25.9 Å². The van der Waals surface area contributed by atoms with Gasteiger partial charge in [0.1, 0.15) is 0 Å². The predicted octanol–water partition coefficient (Wildman–Crippen LogP) is 0.788. The maximum atomic E-state index is 11.9. The Labute approximate surface area is 109 Å². The lowest BCUT2D eigenvalue weighted by molar-refractivity contribution is -0.133. The quantitative estimate of drug-likeness (QED) is 0.715. The van der Waals surface area contributed by atoms with Gasteiger partial charge in [-0.1, -0.05) is 0 Å². The highest BCUT2D eigenvalue weighted by atomic mass is 16.5. The van der Waals surface area contributed by atoms with E-state index in [-0.39, 0.29) is 17.7 Å². The van der Waals surface area contributed by atoms with Gasteiger partial charge in [0, 0.05) is 45.7 Å². The Kier molecular flexibility index (Phi) is 6.72. The van der Waals surface area contributed by atoms with Crippen LogP contribution in [0.1, 0.15) is 33.1 Å². The predicted molar refractivity (Wildman–Crippen MR) is 69.1 cm³/mol. The van der Waals surface area contributed by atoms with Gasteiger partial charge in [0.2, 0.25) is 11.8 Å². The summed E-state index contributed by atoms with van der Waals surface area (Å²) in [5.74, 6) is 0.285. The third kappa shape index (κ3) is 5.04. The van der Waals surface area contributed by atoms with E-state index in [1.807, 2.05) is 6.92 Å². The van der Waals surface area contributed by atoms with Crippen molar-refractivity contribution in [2.75, 3.05) is 32.8 Å². The van der Waals surface area contributed by atoms with Crippen molar-refractivity contribution in [3.8, 4) is 0 Å². The van der Waals surface area contributed by atoms with Crippen molar-refractivity contribution < 1.29 is 14.3 Å². The Morgan fingerprint density at radius 1 is 1.33 bits per heavy atom. The third-order valence-corrected chi connectivity index (χ3v) is 3.28. The van der Waals surface area contributed by atoms with Crippen LogP contribution in [-0.4, -0.2) is 49.6 Å². The molecule has 5 heteroatoms. The van der Waals surface area contributed by atoms with E-state index in [1.54, 1.807) is 11.8 Å². The number of hydrogen-bond acceptors (Lipinski definition) is 3. The minimum atomic E-state index is 0.0627. The molecule has 1 aliphatic rings. The standard InChI is InChI=1S/C13H24N2O3/c1-3-18-10-4-7-14-13(17)12-5-8-15(9-6-12)11(2)16/h12H,3-10H2,1-2H3,(H,14,17). The molecule has 104 valence electrons. The zero-order chi connectivity index (χ0) is 13.4. The van der Waals surface area contributed by atoms with Crippen molar-refractivity contribution >= 4 is 11.8 Å². The van der Waals surface area contributed by atoms with Crippen LogP contribution in [0.5, 0.6) is 0 Å². The minimum Gasteiger partial charge on any atom is -0.382 e. The summed E-state index contributed by atoms with van der Waals surface area (Å²) in [6.45, 7) is 7.02. The smallest absolute Gasteiger partial charge is 0.223 e. The van der Waals surface area contributed by atoms with Gasteiger partial charge in [0.05, 0.1) is 0 Å². The monoisotopic (exact) mass is 256 g/mol. The number of nitrogens with one attached hydrogen (secondary N) is 1. The number of ether oxygens (including phenoxy) is 1. The van der Waals surface area contributed by atoms with Crippen LogP contribution >= 0.6 is 0 Å². The first kappa shape index (κ1) is 15.0. The molecule has 0 aromatic heterocycles. The molecule has 1 rings (SSSR count). The molecule has 1 fully saturated rings. The van der Waals surface area contributed by atoms with E-state index in [9.17, 15) is 9.59 Å². The first-order valence-electron chi connectivity index (χ1n) is 6.76. The van der Waals surface area contributed by atoms with Crippen LogP contribution in [0.4, 0.5) is 0 Å². The molecule has 0 saturated carbocycles. The van der Waals surface area contributed by atoms with Gasteiger partial charge in [0.15, 0.2) is 0 Å². The summed E-state index contributed by atoms with van der Waals surface area (Å²) in [7, 11) is 0. The van der Waals surface area contributed by atoms with Crippen molar-refractivity contribution in [2.24, 2.45) is 5.92 Å². The van der Waals surface area contributed by atoms with Crippen LogP contribution in [0.3, 0.4) is 0 Å². The molecule has 0 bridgehead atoms. The van der Waals surface area contributed by atoms with E-state index in [2.05, 4.69) is 5.32 Å². The summed E-state index contributed by atoms with van der Waals surface area (Å²) in [5, 5.41) is 2.93. The summed E-state index contributed by atoms with van der Waals surface area (Å²) in [4.78, 5) is 24.8. The average molecular weight is 256 g/mol. The van der Waals surface area contributed by atoms with Crippen LogP contribution in [0.25, 0.3) is 0 Å². The van der Waals surface area contributed by atoms with Crippen LogP contribution < -0.4 is 5.32 Å². The second-order valence-electron chi connectivity index (χ2n) is 4.62. The molecule has 5 nitrogen and oxygen atoms in total. The molecule has 1 aliphatic heterocycles. The molecule has 0 aromatic rings. The number of amides is 2. The lowest BCUT2D eigenvalue weighted by Crippen LogP contribution is -2.42. The van der Waals surface area contributed by atoms with Crippen LogP contribution in [0.2, 0.25) is 0 Å². The van der Waals surface area contributed by atoms with Gasteiger partial charge in [-0.25, -0.2) is 0 Å². The summed E-state index contributed by atoms with van der Waals surface area (Å²) >= 11 is 0. The van der Waals surface area contributed by atoms with Crippen LogP contribution in [0.15, 0.2) is 0 Å².